The summed E-state index contributed by atoms with van der Waals surface area (Å²) in [7, 11) is 3.51. The smallest absolute Gasteiger partial charge is 0.213 e. The molecular formula is C23H35IN4O2. The molecule has 166 valence electrons. The highest BCUT2D eigenvalue weighted by Gasteiger charge is 2.36. The van der Waals surface area contributed by atoms with E-state index in [1.54, 1.807) is 14.2 Å². The molecule has 0 bridgehead atoms. The van der Waals surface area contributed by atoms with Gasteiger partial charge >= 0.3 is 0 Å². The van der Waals surface area contributed by atoms with E-state index in [1.165, 1.54) is 31.2 Å². The van der Waals surface area contributed by atoms with E-state index in [2.05, 4.69) is 59.6 Å². The molecule has 1 saturated carbocycles. The summed E-state index contributed by atoms with van der Waals surface area (Å²) in [4.78, 5) is 8.76. The zero-order chi connectivity index (χ0) is 20.9. The lowest BCUT2D eigenvalue weighted by molar-refractivity contribution is 0.378. The highest BCUT2D eigenvalue weighted by Crippen LogP contribution is 2.41. The number of nitrogens with one attached hydrogen (secondary N) is 2. The summed E-state index contributed by atoms with van der Waals surface area (Å²) in [5.74, 6) is 3.23. The lowest BCUT2D eigenvalue weighted by Crippen LogP contribution is -2.44. The summed E-state index contributed by atoms with van der Waals surface area (Å²) in [5, 5.41) is 6.85. The molecule has 0 unspecified atom stereocenters. The van der Waals surface area contributed by atoms with Crippen molar-refractivity contribution in [1.82, 2.24) is 15.6 Å². The van der Waals surface area contributed by atoms with Crippen LogP contribution < -0.4 is 15.4 Å². The van der Waals surface area contributed by atoms with Crippen molar-refractivity contribution in [1.29, 1.82) is 0 Å². The summed E-state index contributed by atoms with van der Waals surface area (Å²) < 4.78 is 11.3. The Morgan fingerprint density at radius 2 is 1.97 bits per heavy atom. The molecular weight excluding hydrogens is 491 g/mol. The molecule has 0 radical (unpaired) electrons. The normalized spacial score (nSPS) is 16.1. The van der Waals surface area contributed by atoms with Crippen LogP contribution in [0.2, 0.25) is 0 Å². The van der Waals surface area contributed by atoms with Crippen LogP contribution in [-0.4, -0.2) is 31.6 Å². The van der Waals surface area contributed by atoms with Gasteiger partial charge in [-0.1, -0.05) is 45.7 Å². The molecule has 30 heavy (non-hydrogen) atoms. The number of hydrogen-bond acceptors (Lipinski definition) is 4. The Labute approximate surface area is 197 Å². The minimum Gasteiger partial charge on any atom is -0.497 e. The number of hydrogen-bond donors (Lipinski definition) is 2. The molecule has 1 aromatic carbocycles. The van der Waals surface area contributed by atoms with Gasteiger partial charge in [0.15, 0.2) is 5.96 Å². The SMILES string of the molecule is CN=C(NCc1ncc(C(C)(C)C)o1)NCC1(c2cccc(OC)c2)CCCC1.I. The van der Waals surface area contributed by atoms with Gasteiger partial charge in [0.25, 0.3) is 0 Å². The molecule has 6 nitrogen and oxygen atoms in total. The number of methoxy groups -OCH3 is 1. The molecule has 0 spiro atoms. The number of benzene rings is 1. The van der Waals surface area contributed by atoms with Crippen molar-refractivity contribution in [2.24, 2.45) is 4.99 Å². The lowest BCUT2D eigenvalue weighted by Gasteiger charge is -2.31. The summed E-state index contributed by atoms with van der Waals surface area (Å²) >= 11 is 0. The molecule has 1 aromatic heterocycles. The number of ether oxygens (including phenoxy) is 1. The summed E-state index contributed by atoms with van der Waals surface area (Å²) in [6, 6.07) is 8.47. The molecule has 0 saturated heterocycles. The Morgan fingerprint density at radius 1 is 1.23 bits per heavy atom. The van der Waals surface area contributed by atoms with Crippen LogP contribution >= 0.6 is 24.0 Å². The van der Waals surface area contributed by atoms with E-state index in [0.29, 0.717) is 12.4 Å². The van der Waals surface area contributed by atoms with Gasteiger partial charge in [0, 0.05) is 24.4 Å². The second-order valence-corrected chi connectivity index (χ2v) is 8.87. The van der Waals surface area contributed by atoms with Gasteiger partial charge in [0.1, 0.15) is 11.5 Å². The molecule has 3 rings (SSSR count). The molecule has 0 atom stereocenters. The maximum absolute atomic E-state index is 5.87. The Hall–Kier alpha value is -1.77. The second-order valence-electron chi connectivity index (χ2n) is 8.87. The van der Waals surface area contributed by atoms with Crippen LogP contribution in [0.1, 0.15) is 63.7 Å². The quantitative estimate of drug-likeness (QED) is 0.322. The third kappa shape index (κ3) is 5.89. The predicted molar refractivity (Wildman–Crippen MR) is 132 cm³/mol. The van der Waals surface area contributed by atoms with Crippen molar-refractivity contribution < 1.29 is 9.15 Å². The van der Waals surface area contributed by atoms with Gasteiger partial charge in [-0.05, 0) is 30.5 Å². The minimum atomic E-state index is -0.0449. The van der Waals surface area contributed by atoms with E-state index in [-0.39, 0.29) is 34.8 Å². The predicted octanol–water partition coefficient (Wildman–Crippen LogP) is 4.78. The number of guanidine groups is 1. The molecule has 0 amide bonds. The number of oxazole rings is 1. The maximum Gasteiger partial charge on any atom is 0.213 e. The highest BCUT2D eigenvalue weighted by atomic mass is 127. The van der Waals surface area contributed by atoms with Crippen LogP contribution in [0, 0.1) is 0 Å². The molecule has 1 aliphatic rings. The first kappa shape index (κ1) is 24.5. The van der Waals surface area contributed by atoms with Gasteiger partial charge in [-0.25, -0.2) is 4.98 Å². The molecule has 1 fully saturated rings. The van der Waals surface area contributed by atoms with Crippen LogP contribution in [-0.2, 0) is 17.4 Å². The number of halogens is 1. The Morgan fingerprint density at radius 3 is 2.57 bits per heavy atom. The highest BCUT2D eigenvalue weighted by molar-refractivity contribution is 14.0. The Bertz CT molecular complexity index is 836. The standard InChI is InChI=1S/C23H34N4O2.HI/c1-22(2,3)19-14-25-20(29-19)15-26-21(24-4)27-16-23(11-6-7-12-23)17-9-8-10-18(13-17)28-5;/h8-10,13-14H,6-7,11-12,15-16H2,1-5H3,(H2,24,26,27);1H. The van der Waals surface area contributed by atoms with Gasteiger partial charge in [0.05, 0.1) is 19.9 Å². The number of rotatable bonds is 6. The van der Waals surface area contributed by atoms with Gasteiger partial charge in [-0.15, -0.1) is 24.0 Å². The first-order valence-electron chi connectivity index (χ1n) is 10.4. The van der Waals surface area contributed by atoms with Crippen LogP contribution in [0.3, 0.4) is 0 Å². The van der Waals surface area contributed by atoms with E-state index in [0.717, 1.165) is 24.0 Å². The van der Waals surface area contributed by atoms with E-state index in [4.69, 9.17) is 9.15 Å². The van der Waals surface area contributed by atoms with Crippen LogP contribution in [0.25, 0.3) is 0 Å². The Balaban J connectivity index is 0.00000320. The van der Waals surface area contributed by atoms with E-state index >= 15 is 0 Å². The summed E-state index contributed by atoms with van der Waals surface area (Å²) in [5.41, 5.74) is 1.39. The maximum atomic E-state index is 5.87. The van der Waals surface area contributed by atoms with Crippen molar-refractivity contribution in [2.75, 3.05) is 20.7 Å². The summed E-state index contributed by atoms with van der Waals surface area (Å²) in [6.07, 6.45) is 6.63. The third-order valence-corrected chi connectivity index (χ3v) is 5.76. The van der Waals surface area contributed by atoms with Crippen molar-refractivity contribution in [3.63, 3.8) is 0 Å². The van der Waals surface area contributed by atoms with Crippen LogP contribution in [0.15, 0.2) is 39.9 Å². The van der Waals surface area contributed by atoms with Crippen molar-refractivity contribution in [3.8, 4) is 5.75 Å². The van der Waals surface area contributed by atoms with Gasteiger partial charge in [-0.2, -0.15) is 0 Å². The van der Waals surface area contributed by atoms with Gasteiger partial charge in [0.2, 0.25) is 5.89 Å². The second kappa shape index (κ2) is 10.5. The Kier molecular flexibility index (Phi) is 8.58. The van der Waals surface area contributed by atoms with Crippen molar-refractivity contribution >= 4 is 29.9 Å². The first-order chi connectivity index (χ1) is 13.9. The zero-order valence-electron chi connectivity index (χ0n) is 18.7. The fourth-order valence-electron chi connectivity index (χ4n) is 3.94. The molecule has 1 heterocycles. The van der Waals surface area contributed by atoms with E-state index in [1.807, 2.05) is 12.3 Å². The fraction of sp³-hybridized carbons (Fsp3) is 0.565. The zero-order valence-corrected chi connectivity index (χ0v) is 21.1. The van der Waals surface area contributed by atoms with Crippen LogP contribution in [0.5, 0.6) is 5.75 Å². The van der Waals surface area contributed by atoms with Crippen LogP contribution in [0.4, 0.5) is 0 Å². The number of aliphatic imine (C=N–C) groups is 1. The number of aromatic nitrogens is 1. The average molecular weight is 526 g/mol. The minimum absolute atomic E-state index is 0. The first-order valence-corrected chi connectivity index (χ1v) is 10.4. The van der Waals surface area contributed by atoms with Gasteiger partial charge in [-0.3, -0.25) is 4.99 Å². The van der Waals surface area contributed by atoms with Gasteiger partial charge < -0.3 is 19.8 Å². The lowest BCUT2D eigenvalue weighted by atomic mass is 9.78. The molecule has 2 aromatic rings. The molecule has 0 aliphatic heterocycles. The topological polar surface area (TPSA) is 71.7 Å². The fourth-order valence-corrected chi connectivity index (χ4v) is 3.94. The number of nitrogens with zero attached hydrogens (tertiary/aromatic N) is 2. The van der Waals surface area contributed by atoms with Crippen molar-refractivity contribution in [3.05, 3.63) is 47.7 Å². The van der Waals surface area contributed by atoms with Crippen molar-refractivity contribution in [2.45, 2.75) is 63.8 Å². The average Bonchev–Trinajstić information content (AvgIpc) is 3.38. The van der Waals surface area contributed by atoms with E-state index in [9.17, 15) is 0 Å². The molecule has 1 aliphatic carbocycles. The third-order valence-electron chi connectivity index (χ3n) is 5.76. The summed E-state index contributed by atoms with van der Waals surface area (Å²) in [6.45, 7) is 7.68. The van der Waals surface area contributed by atoms with E-state index < -0.39 is 0 Å². The monoisotopic (exact) mass is 526 g/mol. The largest absolute Gasteiger partial charge is 0.497 e. The molecule has 2 N–H and O–H groups in total. The molecule has 7 heteroatoms.